The van der Waals surface area contributed by atoms with Crippen molar-refractivity contribution in [2.75, 3.05) is 5.43 Å². The van der Waals surface area contributed by atoms with Crippen LogP contribution in [0.1, 0.15) is 37.7 Å². The van der Waals surface area contributed by atoms with E-state index in [1.807, 2.05) is 38.3 Å². The molecular formula is C20H20N4O4S. The molecule has 0 radical (unpaired) electrons. The Balaban J connectivity index is 1.89. The van der Waals surface area contributed by atoms with Crippen molar-refractivity contribution in [3.63, 3.8) is 0 Å². The van der Waals surface area contributed by atoms with Gasteiger partial charge in [0, 0.05) is 34.0 Å². The molecule has 0 saturated heterocycles. The van der Waals surface area contributed by atoms with Crippen molar-refractivity contribution in [3.05, 3.63) is 73.4 Å². The highest BCUT2D eigenvalue weighted by molar-refractivity contribution is 7.15. The third-order valence-electron chi connectivity index (χ3n) is 4.73. The predicted molar refractivity (Wildman–Crippen MR) is 114 cm³/mol. The smallest absolute Gasteiger partial charge is 0.339 e. The lowest BCUT2D eigenvalue weighted by Gasteiger charge is -2.09. The second-order valence-electron chi connectivity index (χ2n) is 6.60. The molecule has 1 aromatic carbocycles. The monoisotopic (exact) mass is 412 g/mol. The Morgan fingerprint density at radius 1 is 1.24 bits per heavy atom. The first-order valence-electron chi connectivity index (χ1n) is 8.76. The number of carboxylic acid groups (broad SMARTS) is 1. The van der Waals surface area contributed by atoms with Gasteiger partial charge in [-0.3, -0.25) is 15.5 Å². The highest BCUT2D eigenvalue weighted by Gasteiger charge is 2.22. The number of aromatic nitrogens is 1. The van der Waals surface area contributed by atoms with Crippen LogP contribution in [0.3, 0.4) is 0 Å². The fourth-order valence-corrected chi connectivity index (χ4v) is 4.34. The van der Waals surface area contributed by atoms with Gasteiger partial charge in [0.05, 0.1) is 22.4 Å². The Hall–Kier alpha value is -3.46. The van der Waals surface area contributed by atoms with Crippen LogP contribution in [0.4, 0.5) is 11.4 Å². The quantitative estimate of drug-likeness (QED) is 0.342. The van der Waals surface area contributed by atoms with Crippen LogP contribution in [0.15, 0.2) is 35.4 Å². The topological polar surface area (TPSA) is 110 Å². The van der Waals surface area contributed by atoms with Gasteiger partial charge < -0.3 is 9.67 Å². The van der Waals surface area contributed by atoms with Gasteiger partial charge in [0.15, 0.2) is 0 Å². The number of hydrogen-bond acceptors (Lipinski definition) is 6. The third-order valence-corrected chi connectivity index (χ3v) is 5.92. The average Bonchev–Trinajstić information content (AvgIpc) is 3.10. The lowest BCUT2D eigenvalue weighted by Crippen LogP contribution is -2.06. The zero-order valence-electron chi connectivity index (χ0n) is 16.4. The maximum atomic E-state index is 11.8. The van der Waals surface area contributed by atoms with E-state index in [9.17, 15) is 20.0 Å². The molecule has 0 bridgehead atoms. The molecule has 150 valence electrons. The number of nitrogens with one attached hydrogen (secondary N) is 1. The van der Waals surface area contributed by atoms with Gasteiger partial charge in [-0.1, -0.05) is 0 Å². The first kappa shape index (κ1) is 20.3. The molecule has 0 aliphatic heterocycles. The van der Waals surface area contributed by atoms with Crippen LogP contribution in [0, 0.1) is 37.8 Å². The summed E-state index contributed by atoms with van der Waals surface area (Å²) in [6.45, 7) is 7.57. The lowest BCUT2D eigenvalue weighted by atomic mass is 10.1. The molecule has 3 rings (SSSR count). The molecule has 0 unspecified atom stereocenters. The average molecular weight is 412 g/mol. The van der Waals surface area contributed by atoms with Crippen LogP contribution in [0.5, 0.6) is 0 Å². The summed E-state index contributed by atoms with van der Waals surface area (Å²) < 4.78 is 1.93. The predicted octanol–water partition coefficient (Wildman–Crippen LogP) is 4.82. The number of nitrogens with zero attached hydrogens (tertiary/aromatic N) is 3. The van der Waals surface area contributed by atoms with Crippen molar-refractivity contribution in [1.82, 2.24) is 4.57 Å². The molecule has 0 atom stereocenters. The number of thiophene rings is 1. The summed E-state index contributed by atoms with van der Waals surface area (Å²) in [5, 5.41) is 25.2. The second-order valence-corrected chi connectivity index (χ2v) is 7.81. The number of nitro benzene ring substituents is 1. The van der Waals surface area contributed by atoms with Crippen molar-refractivity contribution in [1.29, 1.82) is 0 Å². The Morgan fingerprint density at radius 3 is 2.48 bits per heavy atom. The van der Waals surface area contributed by atoms with Crippen LogP contribution in [0.2, 0.25) is 0 Å². The van der Waals surface area contributed by atoms with Crippen molar-refractivity contribution < 1.29 is 14.8 Å². The van der Waals surface area contributed by atoms with Gasteiger partial charge in [0.2, 0.25) is 0 Å². The summed E-state index contributed by atoms with van der Waals surface area (Å²) in [7, 11) is 0. The first-order valence-corrected chi connectivity index (χ1v) is 9.58. The van der Waals surface area contributed by atoms with E-state index in [0.29, 0.717) is 16.3 Å². The number of hydrogen-bond donors (Lipinski definition) is 2. The van der Waals surface area contributed by atoms with E-state index in [0.717, 1.165) is 27.4 Å². The van der Waals surface area contributed by atoms with Gasteiger partial charge in [-0.2, -0.15) is 5.10 Å². The maximum Gasteiger partial charge on any atom is 0.339 e. The molecular weight excluding hydrogens is 392 g/mol. The number of anilines is 1. The molecule has 2 N–H and O–H groups in total. The number of carboxylic acids is 1. The standard InChI is InChI=1S/C20H20N4O4S/c1-11-9-15(10-21-22-16-5-7-17(8-6-16)24(27)28)13(3)23(11)19-18(20(25)26)12(2)14(4)29-19/h5-10,22H,1-4H3,(H,25,26)/b21-10+. The zero-order chi connectivity index (χ0) is 21.3. The van der Waals surface area contributed by atoms with Gasteiger partial charge in [-0.25, -0.2) is 4.79 Å². The van der Waals surface area contributed by atoms with E-state index >= 15 is 0 Å². The Bertz CT molecular complexity index is 1130. The molecule has 2 heterocycles. The van der Waals surface area contributed by atoms with E-state index in [1.165, 1.54) is 23.5 Å². The van der Waals surface area contributed by atoms with Crippen molar-refractivity contribution in [2.45, 2.75) is 27.7 Å². The number of aryl methyl sites for hydroxylation is 2. The Labute approximate surface area is 171 Å². The van der Waals surface area contributed by atoms with Crippen LogP contribution in [-0.2, 0) is 0 Å². The molecule has 29 heavy (non-hydrogen) atoms. The summed E-state index contributed by atoms with van der Waals surface area (Å²) in [6, 6.07) is 7.90. The minimum Gasteiger partial charge on any atom is -0.478 e. The Kier molecular flexibility index (Phi) is 5.51. The lowest BCUT2D eigenvalue weighted by molar-refractivity contribution is -0.384. The summed E-state index contributed by atoms with van der Waals surface area (Å²) in [6.07, 6.45) is 1.65. The van der Waals surface area contributed by atoms with Crippen molar-refractivity contribution >= 4 is 34.9 Å². The van der Waals surface area contributed by atoms with Gasteiger partial charge >= 0.3 is 5.97 Å². The molecule has 0 spiro atoms. The van der Waals surface area contributed by atoms with Crippen LogP contribution in [-0.4, -0.2) is 26.8 Å². The van der Waals surface area contributed by atoms with E-state index in [2.05, 4.69) is 10.5 Å². The van der Waals surface area contributed by atoms with Gasteiger partial charge in [-0.05, 0) is 51.5 Å². The molecule has 8 nitrogen and oxygen atoms in total. The first-order chi connectivity index (χ1) is 13.7. The van der Waals surface area contributed by atoms with E-state index in [-0.39, 0.29) is 5.69 Å². The number of non-ortho nitro benzene ring substituents is 1. The van der Waals surface area contributed by atoms with Gasteiger partial charge in [0.1, 0.15) is 5.00 Å². The molecule has 3 aromatic rings. The molecule has 9 heteroatoms. The number of nitro groups is 1. The van der Waals surface area contributed by atoms with E-state index in [4.69, 9.17) is 0 Å². The van der Waals surface area contributed by atoms with Crippen LogP contribution < -0.4 is 5.43 Å². The Morgan fingerprint density at radius 2 is 1.90 bits per heavy atom. The minimum absolute atomic E-state index is 0.0128. The molecule has 2 aromatic heterocycles. The normalized spacial score (nSPS) is 11.2. The van der Waals surface area contributed by atoms with Crippen LogP contribution in [0.25, 0.3) is 5.00 Å². The van der Waals surface area contributed by atoms with Crippen molar-refractivity contribution in [3.8, 4) is 5.00 Å². The molecule has 0 fully saturated rings. The summed E-state index contributed by atoms with van der Waals surface area (Å²) in [5.74, 6) is -0.940. The van der Waals surface area contributed by atoms with E-state index < -0.39 is 10.9 Å². The highest BCUT2D eigenvalue weighted by Crippen LogP contribution is 2.33. The summed E-state index contributed by atoms with van der Waals surface area (Å²) >= 11 is 1.46. The molecule has 0 amide bonds. The third kappa shape index (κ3) is 3.90. The zero-order valence-corrected chi connectivity index (χ0v) is 17.2. The SMILES string of the molecule is Cc1sc(-n2c(C)cc(/C=N/Nc3ccc([N+](=O)[O-])cc3)c2C)c(C(=O)O)c1C. The van der Waals surface area contributed by atoms with Crippen molar-refractivity contribution in [2.24, 2.45) is 5.10 Å². The van der Waals surface area contributed by atoms with Crippen LogP contribution >= 0.6 is 11.3 Å². The summed E-state index contributed by atoms with van der Waals surface area (Å²) in [5.41, 5.74) is 7.20. The largest absolute Gasteiger partial charge is 0.478 e. The second kappa shape index (κ2) is 7.88. The molecule has 0 saturated carbocycles. The number of benzene rings is 1. The minimum atomic E-state index is -0.940. The maximum absolute atomic E-state index is 11.8. The number of carbonyl (C=O) groups is 1. The van der Waals surface area contributed by atoms with E-state index in [1.54, 1.807) is 18.3 Å². The fraction of sp³-hybridized carbons (Fsp3) is 0.200. The molecule has 0 aliphatic rings. The highest BCUT2D eigenvalue weighted by atomic mass is 32.1. The fourth-order valence-electron chi connectivity index (χ4n) is 3.08. The summed E-state index contributed by atoms with van der Waals surface area (Å²) in [4.78, 5) is 23.0. The number of rotatable bonds is 6. The number of hydrazone groups is 1. The molecule has 0 aliphatic carbocycles. The number of aromatic carboxylic acids is 1. The van der Waals surface area contributed by atoms with Gasteiger partial charge in [-0.15, -0.1) is 11.3 Å². The van der Waals surface area contributed by atoms with Gasteiger partial charge in [0.25, 0.3) is 5.69 Å².